The molecule has 19 heavy (non-hydrogen) atoms. The monoisotopic (exact) mass is 268 g/mol. The van der Waals surface area contributed by atoms with Gasteiger partial charge in [0.15, 0.2) is 0 Å². The van der Waals surface area contributed by atoms with E-state index in [1.54, 1.807) is 7.11 Å². The highest BCUT2D eigenvalue weighted by Crippen LogP contribution is 2.33. The van der Waals surface area contributed by atoms with Crippen LogP contribution < -0.4 is 10.6 Å². The maximum absolute atomic E-state index is 12.5. The molecule has 4 nitrogen and oxygen atoms in total. The van der Waals surface area contributed by atoms with Crippen LogP contribution in [0.5, 0.6) is 0 Å². The fourth-order valence-corrected chi connectivity index (χ4v) is 3.31. The number of carbonyl (C=O) groups excluding carboxylic acids is 1. The molecule has 2 N–H and O–H groups in total. The number of nitrogens with one attached hydrogen (secondary N) is 2. The lowest BCUT2D eigenvalue weighted by Crippen LogP contribution is -2.49. The minimum Gasteiger partial charge on any atom is -0.381 e. The molecule has 0 aromatic carbocycles. The average molecular weight is 268 g/mol. The maximum atomic E-state index is 12.5. The van der Waals surface area contributed by atoms with Gasteiger partial charge >= 0.3 is 0 Å². The van der Waals surface area contributed by atoms with E-state index in [4.69, 9.17) is 4.74 Å². The second-order valence-corrected chi connectivity index (χ2v) is 6.61. The summed E-state index contributed by atoms with van der Waals surface area (Å²) in [5.41, 5.74) is -0.279. The molecular formula is C15H28N2O2. The minimum atomic E-state index is -0.279. The second-order valence-electron chi connectivity index (χ2n) is 6.61. The van der Waals surface area contributed by atoms with Gasteiger partial charge in [-0.3, -0.25) is 4.79 Å². The number of hydrogen-bond donors (Lipinski definition) is 2. The summed E-state index contributed by atoms with van der Waals surface area (Å²) in [6.07, 6.45) is 5.72. The summed E-state index contributed by atoms with van der Waals surface area (Å²) in [7, 11) is 1.76. The molecule has 3 atom stereocenters. The normalized spacial score (nSPS) is 32.3. The Morgan fingerprint density at radius 3 is 2.68 bits per heavy atom. The van der Waals surface area contributed by atoms with E-state index in [9.17, 15) is 4.79 Å². The third-order valence-electron chi connectivity index (χ3n) is 4.96. The van der Waals surface area contributed by atoms with Gasteiger partial charge in [-0.2, -0.15) is 0 Å². The Labute approximate surface area is 116 Å². The van der Waals surface area contributed by atoms with E-state index in [0.717, 1.165) is 38.8 Å². The highest BCUT2D eigenvalue weighted by atomic mass is 16.5. The van der Waals surface area contributed by atoms with Crippen molar-refractivity contribution in [2.75, 3.05) is 20.2 Å². The summed E-state index contributed by atoms with van der Waals surface area (Å²) in [6, 6.07) is 0.299. The van der Waals surface area contributed by atoms with Crippen LogP contribution in [0.2, 0.25) is 0 Å². The number of amides is 1. The zero-order valence-corrected chi connectivity index (χ0v) is 12.5. The van der Waals surface area contributed by atoms with Crippen molar-refractivity contribution in [1.82, 2.24) is 10.6 Å². The third-order valence-corrected chi connectivity index (χ3v) is 4.96. The van der Waals surface area contributed by atoms with Crippen LogP contribution >= 0.6 is 0 Å². The van der Waals surface area contributed by atoms with Crippen LogP contribution in [-0.4, -0.2) is 38.3 Å². The zero-order valence-electron chi connectivity index (χ0n) is 12.5. The van der Waals surface area contributed by atoms with Crippen LogP contribution in [0.15, 0.2) is 0 Å². The lowest BCUT2D eigenvalue weighted by Gasteiger charge is -2.36. The number of ether oxygens (including phenoxy) is 1. The van der Waals surface area contributed by atoms with Crippen molar-refractivity contribution < 1.29 is 9.53 Å². The summed E-state index contributed by atoms with van der Waals surface area (Å²) < 4.78 is 5.36. The lowest BCUT2D eigenvalue weighted by molar-refractivity contribution is -0.133. The molecule has 0 aromatic rings. The molecule has 1 aliphatic heterocycles. The first kappa shape index (κ1) is 14.8. The maximum Gasteiger partial charge on any atom is 0.226 e. The van der Waals surface area contributed by atoms with Crippen LogP contribution in [0.3, 0.4) is 0 Å². The van der Waals surface area contributed by atoms with E-state index in [1.165, 1.54) is 6.42 Å². The number of methoxy groups -OCH3 is 1. The molecule has 1 saturated carbocycles. The quantitative estimate of drug-likeness (QED) is 0.816. The number of carbonyl (C=O) groups is 1. The van der Waals surface area contributed by atoms with Gasteiger partial charge in [0, 0.05) is 18.6 Å². The SMILES string of the molecule is COC1CCC(NC(=O)C(C)(C)C2CCCNC2)C1. The van der Waals surface area contributed by atoms with Crippen LogP contribution in [0.1, 0.15) is 46.0 Å². The van der Waals surface area contributed by atoms with Crippen molar-refractivity contribution in [3.8, 4) is 0 Å². The summed E-state index contributed by atoms with van der Waals surface area (Å²) in [5, 5.41) is 6.64. The molecule has 3 unspecified atom stereocenters. The van der Waals surface area contributed by atoms with E-state index < -0.39 is 0 Å². The van der Waals surface area contributed by atoms with Gasteiger partial charge in [-0.1, -0.05) is 13.8 Å². The van der Waals surface area contributed by atoms with Gasteiger partial charge in [0.25, 0.3) is 0 Å². The van der Waals surface area contributed by atoms with Crippen LogP contribution in [0.4, 0.5) is 0 Å². The fourth-order valence-electron chi connectivity index (χ4n) is 3.31. The number of hydrogen-bond acceptors (Lipinski definition) is 3. The molecule has 1 heterocycles. The summed E-state index contributed by atoms with van der Waals surface area (Å²) in [6.45, 7) is 6.23. The molecule has 4 heteroatoms. The molecule has 1 amide bonds. The number of rotatable bonds is 4. The van der Waals surface area contributed by atoms with Crippen molar-refractivity contribution in [1.29, 1.82) is 0 Å². The molecule has 0 bridgehead atoms. The van der Waals surface area contributed by atoms with Crippen molar-refractivity contribution in [2.45, 2.75) is 58.1 Å². The Bertz CT molecular complexity index is 311. The molecule has 2 fully saturated rings. The largest absolute Gasteiger partial charge is 0.381 e. The van der Waals surface area contributed by atoms with Crippen molar-refractivity contribution in [2.24, 2.45) is 11.3 Å². The van der Waals surface area contributed by atoms with Crippen LogP contribution in [-0.2, 0) is 9.53 Å². The zero-order chi connectivity index (χ0) is 13.9. The first-order valence-electron chi connectivity index (χ1n) is 7.58. The predicted molar refractivity (Wildman–Crippen MR) is 76.0 cm³/mol. The molecule has 110 valence electrons. The average Bonchev–Trinajstić information content (AvgIpc) is 2.87. The van der Waals surface area contributed by atoms with E-state index in [2.05, 4.69) is 24.5 Å². The molecule has 1 saturated heterocycles. The highest BCUT2D eigenvalue weighted by Gasteiger charge is 2.38. The van der Waals surface area contributed by atoms with Crippen LogP contribution in [0.25, 0.3) is 0 Å². The standard InChI is InChI=1S/C15H28N2O2/c1-15(2,11-5-4-8-16-10-11)14(18)17-12-6-7-13(9-12)19-3/h11-13,16H,4-10H2,1-3H3,(H,17,18). The van der Waals surface area contributed by atoms with Gasteiger partial charge in [0.2, 0.25) is 5.91 Å². The van der Waals surface area contributed by atoms with E-state index in [-0.39, 0.29) is 11.3 Å². The van der Waals surface area contributed by atoms with Crippen molar-refractivity contribution in [3.63, 3.8) is 0 Å². The smallest absolute Gasteiger partial charge is 0.226 e. The Hall–Kier alpha value is -0.610. The molecular weight excluding hydrogens is 240 g/mol. The van der Waals surface area contributed by atoms with Gasteiger partial charge < -0.3 is 15.4 Å². The first-order chi connectivity index (χ1) is 9.04. The Morgan fingerprint density at radius 1 is 1.32 bits per heavy atom. The fraction of sp³-hybridized carbons (Fsp3) is 0.933. The topological polar surface area (TPSA) is 50.4 Å². The predicted octanol–water partition coefficient (Wildman–Crippen LogP) is 1.70. The highest BCUT2D eigenvalue weighted by molar-refractivity contribution is 5.82. The first-order valence-corrected chi connectivity index (χ1v) is 7.58. The van der Waals surface area contributed by atoms with E-state index in [0.29, 0.717) is 18.1 Å². The molecule has 0 aromatic heterocycles. The van der Waals surface area contributed by atoms with E-state index in [1.807, 2.05) is 0 Å². The Balaban J connectivity index is 1.87. The van der Waals surface area contributed by atoms with Gasteiger partial charge in [-0.05, 0) is 51.1 Å². The van der Waals surface area contributed by atoms with Gasteiger partial charge in [0.1, 0.15) is 0 Å². The van der Waals surface area contributed by atoms with Crippen molar-refractivity contribution in [3.05, 3.63) is 0 Å². The molecule has 1 aliphatic carbocycles. The summed E-state index contributed by atoms with van der Waals surface area (Å²) in [5.74, 6) is 0.656. The molecule has 2 rings (SSSR count). The minimum absolute atomic E-state index is 0.211. The van der Waals surface area contributed by atoms with Crippen molar-refractivity contribution >= 4 is 5.91 Å². The molecule has 0 radical (unpaired) electrons. The Kier molecular flexibility index (Phi) is 4.85. The van der Waals surface area contributed by atoms with Gasteiger partial charge in [0.05, 0.1) is 6.10 Å². The lowest BCUT2D eigenvalue weighted by atomic mass is 9.74. The number of piperidine rings is 1. The summed E-state index contributed by atoms with van der Waals surface area (Å²) in [4.78, 5) is 12.5. The van der Waals surface area contributed by atoms with E-state index >= 15 is 0 Å². The third kappa shape index (κ3) is 3.48. The Morgan fingerprint density at radius 2 is 2.11 bits per heavy atom. The van der Waals surface area contributed by atoms with Crippen LogP contribution in [0, 0.1) is 11.3 Å². The molecule has 2 aliphatic rings. The second kappa shape index (κ2) is 6.23. The van der Waals surface area contributed by atoms with Gasteiger partial charge in [-0.15, -0.1) is 0 Å². The van der Waals surface area contributed by atoms with Gasteiger partial charge in [-0.25, -0.2) is 0 Å². The molecule has 0 spiro atoms. The summed E-state index contributed by atoms with van der Waals surface area (Å²) >= 11 is 0.